The second kappa shape index (κ2) is 6.05. The molecule has 2 aromatic carbocycles. The van der Waals surface area contributed by atoms with Gasteiger partial charge in [0.25, 0.3) is 0 Å². The number of halogens is 1. The number of rotatable bonds is 2. The number of benzene rings is 2. The Morgan fingerprint density at radius 1 is 1.14 bits per heavy atom. The molecule has 0 saturated heterocycles. The Labute approximate surface area is 131 Å². The summed E-state index contributed by atoms with van der Waals surface area (Å²) in [6.07, 6.45) is 0. The molecule has 0 saturated carbocycles. The number of anilines is 1. The van der Waals surface area contributed by atoms with E-state index in [1.807, 2.05) is 13.8 Å². The molecule has 0 unspecified atom stereocenters. The molecule has 0 aliphatic rings. The lowest BCUT2D eigenvalue weighted by molar-refractivity contribution is 0.472. The van der Waals surface area contributed by atoms with Gasteiger partial charge in [-0.2, -0.15) is 0 Å². The number of nitrogens with one attached hydrogen (secondary N) is 1. The number of nitrogens with two attached hydrogens (primary N) is 1. The predicted octanol–water partition coefficient (Wildman–Crippen LogP) is 3.54. The second-order valence-electron chi connectivity index (χ2n) is 4.69. The molecule has 0 amide bonds. The molecule has 2 aromatic rings. The van der Waals surface area contributed by atoms with Gasteiger partial charge in [-0.05, 0) is 53.0 Å². The number of phenols is 2. The summed E-state index contributed by atoms with van der Waals surface area (Å²) in [4.78, 5) is 4.28. The Balaban J connectivity index is 2.34. The summed E-state index contributed by atoms with van der Waals surface area (Å²) in [6.45, 7) is 3.76. The van der Waals surface area contributed by atoms with E-state index in [4.69, 9.17) is 5.73 Å². The molecule has 5 N–H and O–H groups in total. The number of hydrogen-bond donors (Lipinski definition) is 4. The van der Waals surface area contributed by atoms with Crippen molar-refractivity contribution in [1.29, 1.82) is 0 Å². The minimum atomic E-state index is 0.0979. The van der Waals surface area contributed by atoms with Crippen LogP contribution in [-0.4, -0.2) is 16.2 Å². The summed E-state index contributed by atoms with van der Waals surface area (Å²) in [5.74, 6) is 0.407. The van der Waals surface area contributed by atoms with Crippen molar-refractivity contribution in [2.24, 2.45) is 10.7 Å². The van der Waals surface area contributed by atoms with Crippen LogP contribution >= 0.6 is 15.9 Å². The van der Waals surface area contributed by atoms with Gasteiger partial charge in [0.15, 0.2) is 5.96 Å². The largest absolute Gasteiger partial charge is 0.508 e. The monoisotopic (exact) mass is 349 g/mol. The number of aliphatic imine (C=N–C) groups is 1. The highest BCUT2D eigenvalue weighted by atomic mass is 79.9. The van der Waals surface area contributed by atoms with Crippen LogP contribution in [0.1, 0.15) is 11.1 Å². The standard InChI is InChI=1S/C15H16BrN3O2/c1-8-3-5-10(20)7-11(8)18-15(17)19-14-9(2)4-6-12(21)13(14)16/h3-7,20-21H,1-2H3,(H3,17,18,19). The Kier molecular flexibility index (Phi) is 4.37. The molecule has 0 aromatic heterocycles. The molecule has 0 fully saturated rings. The van der Waals surface area contributed by atoms with Gasteiger partial charge >= 0.3 is 0 Å². The second-order valence-corrected chi connectivity index (χ2v) is 5.48. The fraction of sp³-hybridized carbons (Fsp3) is 0.133. The van der Waals surface area contributed by atoms with Crippen LogP contribution in [-0.2, 0) is 0 Å². The van der Waals surface area contributed by atoms with Crippen molar-refractivity contribution >= 4 is 33.3 Å². The van der Waals surface area contributed by atoms with E-state index in [2.05, 4.69) is 26.2 Å². The van der Waals surface area contributed by atoms with Gasteiger partial charge in [-0.15, -0.1) is 0 Å². The van der Waals surface area contributed by atoms with Crippen molar-refractivity contribution in [3.63, 3.8) is 0 Å². The Bertz CT molecular complexity index is 714. The van der Waals surface area contributed by atoms with E-state index < -0.39 is 0 Å². The van der Waals surface area contributed by atoms with Crippen LogP contribution in [0.15, 0.2) is 39.8 Å². The quantitative estimate of drug-likeness (QED) is 0.493. The SMILES string of the molecule is Cc1ccc(O)cc1NC(N)=Nc1c(C)ccc(O)c1Br. The molecule has 5 nitrogen and oxygen atoms in total. The zero-order valence-corrected chi connectivity index (χ0v) is 13.3. The first-order valence-electron chi connectivity index (χ1n) is 6.27. The molecule has 0 radical (unpaired) electrons. The maximum Gasteiger partial charge on any atom is 0.198 e. The van der Waals surface area contributed by atoms with Gasteiger partial charge in [0.1, 0.15) is 11.5 Å². The third-order valence-corrected chi connectivity index (χ3v) is 3.80. The van der Waals surface area contributed by atoms with Crippen molar-refractivity contribution in [3.8, 4) is 11.5 Å². The fourth-order valence-corrected chi connectivity index (χ4v) is 2.35. The minimum Gasteiger partial charge on any atom is -0.508 e. The molecule has 0 atom stereocenters. The lowest BCUT2D eigenvalue weighted by Crippen LogP contribution is -2.22. The minimum absolute atomic E-state index is 0.0979. The van der Waals surface area contributed by atoms with E-state index in [0.29, 0.717) is 15.8 Å². The normalized spacial score (nSPS) is 11.5. The number of aromatic hydroxyl groups is 2. The molecular weight excluding hydrogens is 334 g/mol. The number of nitrogens with zero attached hydrogens (tertiary/aromatic N) is 1. The van der Waals surface area contributed by atoms with Crippen LogP contribution in [0.3, 0.4) is 0 Å². The maximum atomic E-state index is 9.70. The predicted molar refractivity (Wildman–Crippen MR) is 88.3 cm³/mol. The fourth-order valence-electron chi connectivity index (χ4n) is 1.82. The summed E-state index contributed by atoms with van der Waals surface area (Å²) in [7, 11) is 0. The van der Waals surface area contributed by atoms with Crippen molar-refractivity contribution in [1.82, 2.24) is 0 Å². The Morgan fingerprint density at radius 2 is 1.81 bits per heavy atom. The lowest BCUT2D eigenvalue weighted by atomic mass is 10.2. The first kappa shape index (κ1) is 15.2. The maximum absolute atomic E-state index is 9.70. The van der Waals surface area contributed by atoms with Crippen LogP contribution < -0.4 is 11.1 Å². The van der Waals surface area contributed by atoms with Gasteiger partial charge in [-0.25, -0.2) is 4.99 Å². The number of hydrogen-bond acceptors (Lipinski definition) is 3. The van der Waals surface area contributed by atoms with Crippen LogP contribution in [0.4, 0.5) is 11.4 Å². The number of guanidine groups is 1. The number of phenolic OH excluding ortho intramolecular Hbond substituents is 2. The lowest BCUT2D eigenvalue weighted by Gasteiger charge is -2.11. The van der Waals surface area contributed by atoms with Crippen molar-refractivity contribution < 1.29 is 10.2 Å². The first-order valence-corrected chi connectivity index (χ1v) is 7.06. The van der Waals surface area contributed by atoms with Crippen LogP contribution in [0.25, 0.3) is 0 Å². The van der Waals surface area contributed by atoms with Gasteiger partial charge in [-0.1, -0.05) is 12.1 Å². The van der Waals surface area contributed by atoms with Gasteiger partial charge < -0.3 is 21.3 Å². The zero-order chi connectivity index (χ0) is 15.6. The third kappa shape index (κ3) is 3.46. The van der Waals surface area contributed by atoms with E-state index >= 15 is 0 Å². The van der Waals surface area contributed by atoms with Crippen LogP contribution in [0.5, 0.6) is 11.5 Å². The highest BCUT2D eigenvalue weighted by Crippen LogP contribution is 2.36. The average Bonchev–Trinajstić information content (AvgIpc) is 2.43. The first-order chi connectivity index (χ1) is 9.88. The van der Waals surface area contributed by atoms with Crippen molar-refractivity contribution in [2.45, 2.75) is 13.8 Å². The zero-order valence-electron chi connectivity index (χ0n) is 11.7. The Hall–Kier alpha value is -2.21. The highest BCUT2D eigenvalue weighted by molar-refractivity contribution is 9.10. The van der Waals surface area contributed by atoms with E-state index in [1.165, 1.54) is 0 Å². The van der Waals surface area contributed by atoms with Gasteiger partial charge in [0, 0.05) is 11.8 Å². The molecule has 0 aliphatic heterocycles. The number of aryl methyl sites for hydroxylation is 2. The molecular formula is C15H16BrN3O2. The molecule has 0 aliphatic carbocycles. The van der Waals surface area contributed by atoms with Crippen LogP contribution in [0, 0.1) is 13.8 Å². The van der Waals surface area contributed by atoms with Crippen LogP contribution in [0.2, 0.25) is 0 Å². The summed E-state index contributed by atoms with van der Waals surface area (Å²) < 4.78 is 0.486. The summed E-state index contributed by atoms with van der Waals surface area (Å²) in [6, 6.07) is 8.29. The topological polar surface area (TPSA) is 90.9 Å². The van der Waals surface area contributed by atoms with E-state index in [0.717, 1.165) is 11.1 Å². The average molecular weight is 350 g/mol. The smallest absolute Gasteiger partial charge is 0.198 e. The van der Waals surface area contributed by atoms with Gasteiger partial charge in [0.2, 0.25) is 0 Å². The van der Waals surface area contributed by atoms with E-state index in [1.54, 1.807) is 30.3 Å². The summed E-state index contributed by atoms with van der Waals surface area (Å²) in [5, 5.41) is 22.1. The van der Waals surface area contributed by atoms with Crippen molar-refractivity contribution in [2.75, 3.05) is 5.32 Å². The molecule has 0 heterocycles. The molecule has 21 heavy (non-hydrogen) atoms. The van der Waals surface area contributed by atoms with E-state index in [9.17, 15) is 10.2 Å². The summed E-state index contributed by atoms with van der Waals surface area (Å²) >= 11 is 3.29. The molecule has 6 heteroatoms. The Morgan fingerprint density at radius 3 is 2.52 bits per heavy atom. The molecule has 0 bridgehead atoms. The molecule has 110 valence electrons. The van der Waals surface area contributed by atoms with E-state index in [-0.39, 0.29) is 17.5 Å². The molecule has 0 spiro atoms. The molecule has 2 rings (SSSR count). The summed E-state index contributed by atoms with van der Waals surface area (Å²) in [5.41, 5.74) is 8.92. The van der Waals surface area contributed by atoms with Gasteiger partial charge in [-0.3, -0.25) is 0 Å². The van der Waals surface area contributed by atoms with Crippen molar-refractivity contribution in [3.05, 3.63) is 45.9 Å². The van der Waals surface area contributed by atoms with Gasteiger partial charge in [0.05, 0.1) is 10.2 Å². The highest BCUT2D eigenvalue weighted by Gasteiger charge is 2.09. The third-order valence-electron chi connectivity index (χ3n) is 3.01.